The van der Waals surface area contributed by atoms with Gasteiger partial charge in [-0.1, -0.05) is 67.6 Å². The number of ketones is 1. The number of carbonyl (C=O) groups is 1. The van der Waals surface area contributed by atoms with Crippen molar-refractivity contribution in [3.63, 3.8) is 0 Å². The molecule has 1 heteroatoms. The van der Waals surface area contributed by atoms with Gasteiger partial charge in [-0.3, -0.25) is 4.79 Å². The summed E-state index contributed by atoms with van der Waals surface area (Å²) in [6.07, 6.45) is 2.30. The van der Waals surface area contributed by atoms with Crippen molar-refractivity contribution in [2.45, 2.75) is 38.5 Å². The van der Waals surface area contributed by atoms with Gasteiger partial charge in [0, 0.05) is 6.42 Å². The summed E-state index contributed by atoms with van der Waals surface area (Å²) in [5, 5.41) is 0. The van der Waals surface area contributed by atoms with Crippen LogP contribution in [0.4, 0.5) is 0 Å². The molecule has 0 saturated heterocycles. The Balaban J connectivity index is 2.36. The minimum atomic E-state index is -0.432. The van der Waals surface area contributed by atoms with Crippen LogP contribution >= 0.6 is 0 Å². The first-order valence-corrected chi connectivity index (χ1v) is 7.29. The summed E-state index contributed by atoms with van der Waals surface area (Å²) in [6.45, 7) is 4.14. The van der Waals surface area contributed by atoms with Crippen LogP contribution in [0.15, 0.2) is 60.7 Å². The zero-order chi connectivity index (χ0) is 14.4. The van der Waals surface area contributed by atoms with Gasteiger partial charge in [-0.05, 0) is 30.9 Å². The number of hydrogen-bond acceptors (Lipinski definition) is 1. The van der Waals surface area contributed by atoms with Crippen LogP contribution in [0.3, 0.4) is 0 Å². The number of carbonyl (C=O) groups excluding carboxylic acids is 1. The molecule has 0 aliphatic rings. The maximum atomic E-state index is 12.7. The van der Waals surface area contributed by atoms with Crippen molar-refractivity contribution < 1.29 is 4.79 Å². The molecular weight excluding hydrogens is 244 g/mol. The molecule has 1 unspecified atom stereocenters. The van der Waals surface area contributed by atoms with Crippen LogP contribution in [-0.4, -0.2) is 5.78 Å². The summed E-state index contributed by atoms with van der Waals surface area (Å²) in [6, 6.07) is 20.4. The lowest BCUT2D eigenvalue weighted by Gasteiger charge is -2.29. The van der Waals surface area contributed by atoms with Crippen LogP contribution in [0.5, 0.6) is 0 Å². The average molecular weight is 266 g/mol. The largest absolute Gasteiger partial charge is 0.299 e. The summed E-state index contributed by atoms with van der Waals surface area (Å²) < 4.78 is 0. The SMILES string of the molecule is CCCC(=O)C(C)(Cc1ccccc1)c1ccccc1. The van der Waals surface area contributed by atoms with E-state index in [9.17, 15) is 4.79 Å². The molecule has 104 valence electrons. The lowest BCUT2D eigenvalue weighted by atomic mass is 9.73. The van der Waals surface area contributed by atoms with Gasteiger partial charge in [0.05, 0.1) is 5.41 Å². The Morgan fingerprint density at radius 1 is 0.950 bits per heavy atom. The third-order valence-electron chi connectivity index (χ3n) is 3.90. The molecule has 0 aliphatic carbocycles. The van der Waals surface area contributed by atoms with Crippen molar-refractivity contribution in [3.8, 4) is 0 Å². The molecule has 0 amide bonds. The summed E-state index contributed by atoms with van der Waals surface area (Å²) in [5.74, 6) is 0.329. The molecule has 1 nitrogen and oxygen atoms in total. The second kappa shape index (κ2) is 6.51. The molecule has 1 atom stereocenters. The average Bonchev–Trinajstić information content (AvgIpc) is 2.49. The van der Waals surface area contributed by atoms with E-state index in [2.05, 4.69) is 38.1 Å². The smallest absolute Gasteiger partial charge is 0.143 e. The van der Waals surface area contributed by atoms with E-state index in [0.29, 0.717) is 12.2 Å². The highest BCUT2D eigenvalue weighted by molar-refractivity contribution is 5.90. The van der Waals surface area contributed by atoms with Gasteiger partial charge in [0.1, 0.15) is 5.78 Å². The van der Waals surface area contributed by atoms with E-state index < -0.39 is 5.41 Å². The quantitative estimate of drug-likeness (QED) is 0.749. The fourth-order valence-corrected chi connectivity index (χ4v) is 2.67. The van der Waals surface area contributed by atoms with Crippen LogP contribution in [-0.2, 0) is 16.6 Å². The number of hydrogen-bond donors (Lipinski definition) is 0. The Labute approximate surface area is 121 Å². The Morgan fingerprint density at radius 3 is 2.05 bits per heavy atom. The molecule has 2 aromatic carbocycles. The van der Waals surface area contributed by atoms with Gasteiger partial charge in [0.2, 0.25) is 0 Å². The van der Waals surface area contributed by atoms with E-state index in [1.54, 1.807) is 0 Å². The molecule has 0 fully saturated rings. The monoisotopic (exact) mass is 266 g/mol. The van der Waals surface area contributed by atoms with Gasteiger partial charge in [0.25, 0.3) is 0 Å². The van der Waals surface area contributed by atoms with E-state index in [-0.39, 0.29) is 0 Å². The number of rotatable bonds is 6. The Hall–Kier alpha value is -1.89. The van der Waals surface area contributed by atoms with Crippen LogP contribution < -0.4 is 0 Å². The van der Waals surface area contributed by atoms with Crippen LogP contribution in [0.1, 0.15) is 37.8 Å². The predicted molar refractivity (Wildman–Crippen MR) is 83.9 cm³/mol. The van der Waals surface area contributed by atoms with Crippen LogP contribution in [0.2, 0.25) is 0 Å². The van der Waals surface area contributed by atoms with Gasteiger partial charge in [-0.15, -0.1) is 0 Å². The van der Waals surface area contributed by atoms with Crippen molar-refractivity contribution in [1.82, 2.24) is 0 Å². The van der Waals surface area contributed by atoms with E-state index in [1.807, 2.05) is 36.4 Å². The molecule has 2 rings (SSSR count). The molecule has 2 aromatic rings. The van der Waals surface area contributed by atoms with Gasteiger partial charge in [-0.25, -0.2) is 0 Å². The first-order valence-electron chi connectivity index (χ1n) is 7.29. The van der Waals surface area contributed by atoms with Crippen molar-refractivity contribution >= 4 is 5.78 Å². The summed E-state index contributed by atoms with van der Waals surface area (Å²) in [7, 11) is 0. The highest BCUT2D eigenvalue weighted by atomic mass is 16.1. The first kappa shape index (κ1) is 14.5. The zero-order valence-corrected chi connectivity index (χ0v) is 12.3. The summed E-state index contributed by atoms with van der Waals surface area (Å²) >= 11 is 0. The topological polar surface area (TPSA) is 17.1 Å². The fourth-order valence-electron chi connectivity index (χ4n) is 2.67. The highest BCUT2D eigenvalue weighted by Gasteiger charge is 2.34. The molecule has 20 heavy (non-hydrogen) atoms. The second-order valence-corrected chi connectivity index (χ2v) is 5.53. The normalized spacial score (nSPS) is 13.7. The minimum absolute atomic E-state index is 0.329. The molecule has 0 spiro atoms. The van der Waals surface area contributed by atoms with Gasteiger partial charge in [0.15, 0.2) is 0 Å². The maximum absolute atomic E-state index is 12.7. The van der Waals surface area contributed by atoms with Crippen molar-refractivity contribution in [2.75, 3.05) is 0 Å². The lowest BCUT2D eigenvalue weighted by Crippen LogP contribution is -2.35. The van der Waals surface area contributed by atoms with Crippen molar-refractivity contribution in [1.29, 1.82) is 0 Å². The maximum Gasteiger partial charge on any atom is 0.143 e. The molecule has 0 bridgehead atoms. The number of benzene rings is 2. The van der Waals surface area contributed by atoms with Gasteiger partial charge < -0.3 is 0 Å². The molecule has 0 aromatic heterocycles. The summed E-state index contributed by atoms with van der Waals surface area (Å²) in [5.41, 5.74) is 1.89. The second-order valence-electron chi connectivity index (χ2n) is 5.53. The summed E-state index contributed by atoms with van der Waals surface area (Å²) in [4.78, 5) is 12.7. The lowest BCUT2D eigenvalue weighted by molar-refractivity contribution is -0.124. The molecule has 0 heterocycles. The molecule has 0 N–H and O–H groups in total. The third kappa shape index (κ3) is 3.16. The third-order valence-corrected chi connectivity index (χ3v) is 3.90. The van der Waals surface area contributed by atoms with Crippen molar-refractivity contribution in [2.24, 2.45) is 0 Å². The van der Waals surface area contributed by atoms with E-state index in [0.717, 1.165) is 18.4 Å². The fraction of sp³-hybridized carbons (Fsp3) is 0.316. The highest BCUT2D eigenvalue weighted by Crippen LogP contribution is 2.30. The van der Waals surface area contributed by atoms with E-state index in [1.165, 1.54) is 5.56 Å². The Bertz CT molecular complexity index is 544. The van der Waals surface area contributed by atoms with Gasteiger partial charge in [-0.2, -0.15) is 0 Å². The molecule has 0 aliphatic heterocycles. The first-order chi connectivity index (χ1) is 9.66. The molecule has 0 saturated carbocycles. The van der Waals surface area contributed by atoms with Crippen molar-refractivity contribution in [3.05, 3.63) is 71.8 Å². The number of Topliss-reactive ketones (excluding diaryl/α,β-unsaturated/α-hetero) is 1. The Kier molecular flexibility index (Phi) is 4.73. The predicted octanol–water partition coefficient (Wildman–Crippen LogP) is 4.56. The van der Waals surface area contributed by atoms with Crippen LogP contribution in [0, 0.1) is 0 Å². The standard InChI is InChI=1S/C19H22O/c1-3-10-18(20)19(2,17-13-8-5-9-14-17)15-16-11-6-4-7-12-16/h4-9,11-14H,3,10,15H2,1-2H3. The Morgan fingerprint density at radius 2 is 1.50 bits per heavy atom. The van der Waals surface area contributed by atoms with Gasteiger partial charge >= 0.3 is 0 Å². The van der Waals surface area contributed by atoms with E-state index in [4.69, 9.17) is 0 Å². The molecule has 0 radical (unpaired) electrons. The minimum Gasteiger partial charge on any atom is -0.299 e. The molecular formula is C19H22O. The zero-order valence-electron chi connectivity index (χ0n) is 12.3. The van der Waals surface area contributed by atoms with Crippen LogP contribution in [0.25, 0.3) is 0 Å². The van der Waals surface area contributed by atoms with E-state index >= 15 is 0 Å².